The summed E-state index contributed by atoms with van der Waals surface area (Å²) in [5.41, 5.74) is 0.520. The van der Waals surface area contributed by atoms with Gasteiger partial charge in [-0.3, -0.25) is 0 Å². The van der Waals surface area contributed by atoms with Crippen LogP contribution in [-0.4, -0.2) is 23.1 Å². The maximum atomic E-state index is 13.4. The number of nitrogens with one attached hydrogen (secondary N) is 1. The van der Waals surface area contributed by atoms with Gasteiger partial charge >= 0.3 is 6.18 Å². The number of aromatic nitrogens is 2. The number of hydrogen-bond donors (Lipinski definition) is 1. The van der Waals surface area contributed by atoms with Gasteiger partial charge < -0.3 is 10.2 Å². The molecular formula is C20H18F4N4. The largest absolute Gasteiger partial charge is 0.434 e. The third-order valence-electron chi connectivity index (χ3n) is 4.77. The minimum absolute atomic E-state index is 0.0242. The molecule has 146 valence electrons. The molecule has 1 aromatic heterocycles. The van der Waals surface area contributed by atoms with Crippen LogP contribution in [0.2, 0.25) is 0 Å². The highest BCUT2D eigenvalue weighted by molar-refractivity contribution is 5.83. The number of alkyl halides is 3. The third kappa shape index (κ3) is 3.85. The SMILES string of the molecule is Fc1ccc2nc(Nc3ccc(N4CCCCC4)cc3)nc(C(F)(F)F)c2c1. The van der Waals surface area contributed by atoms with Gasteiger partial charge in [0, 0.05) is 29.9 Å². The van der Waals surface area contributed by atoms with Crippen molar-refractivity contribution in [2.45, 2.75) is 25.4 Å². The summed E-state index contributed by atoms with van der Waals surface area (Å²) in [5.74, 6) is -0.951. The van der Waals surface area contributed by atoms with Crippen molar-refractivity contribution in [3.63, 3.8) is 0 Å². The Morgan fingerprint density at radius 3 is 2.29 bits per heavy atom. The highest BCUT2D eigenvalue weighted by Crippen LogP contribution is 2.34. The Morgan fingerprint density at radius 1 is 0.893 bits per heavy atom. The summed E-state index contributed by atoms with van der Waals surface area (Å²) in [5, 5.41) is 2.46. The zero-order chi connectivity index (χ0) is 19.7. The first-order valence-corrected chi connectivity index (χ1v) is 9.07. The highest BCUT2D eigenvalue weighted by Gasteiger charge is 2.35. The van der Waals surface area contributed by atoms with Crippen LogP contribution in [0.15, 0.2) is 42.5 Å². The van der Waals surface area contributed by atoms with Gasteiger partial charge in [-0.15, -0.1) is 0 Å². The van der Waals surface area contributed by atoms with E-state index in [1.807, 2.05) is 12.1 Å². The van der Waals surface area contributed by atoms with Gasteiger partial charge in [0.05, 0.1) is 5.52 Å². The molecule has 0 saturated carbocycles. The summed E-state index contributed by atoms with van der Waals surface area (Å²) in [4.78, 5) is 9.98. The molecule has 1 saturated heterocycles. The molecule has 0 unspecified atom stereocenters. The van der Waals surface area contributed by atoms with E-state index in [0.29, 0.717) is 5.69 Å². The van der Waals surface area contributed by atoms with Crippen LogP contribution < -0.4 is 10.2 Å². The van der Waals surface area contributed by atoms with E-state index < -0.39 is 17.7 Å². The lowest BCUT2D eigenvalue weighted by Gasteiger charge is -2.28. The molecule has 28 heavy (non-hydrogen) atoms. The van der Waals surface area contributed by atoms with E-state index >= 15 is 0 Å². The Morgan fingerprint density at radius 2 is 1.61 bits per heavy atom. The maximum absolute atomic E-state index is 13.4. The van der Waals surface area contributed by atoms with E-state index in [2.05, 4.69) is 20.2 Å². The molecule has 1 aliphatic heterocycles. The monoisotopic (exact) mass is 390 g/mol. The van der Waals surface area contributed by atoms with Crippen LogP contribution in [0.25, 0.3) is 10.9 Å². The van der Waals surface area contributed by atoms with Crippen LogP contribution >= 0.6 is 0 Å². The summed E-state index contributed by atoms with van der Waals surface area (Å²) in [6.45, 7) is 2.01. The number of halogens is 4. The fraction of sp³-hybridized carbons (Fsp3) is 0.300. The van der Waals surface area contributed by atoms with E-state index in [1.165, 1.54) is 12.5 Å². The van der Waals surface area contributed by atoms with Crippen LogP contribution in [-0.2, 0) is 6.18 Å². The van der Waals surface area contributed by atoms with Crippen LogP contribution in [0.1, 0.15) is 25.0 Å². The highest BCUT2D eigenvalue weighted by atomic mass is 19.4. The summed E-state index contributed by atoms with van der Waals surface area (Å²) >= 11 is 0. The number of fused-ring (bicyclic) bond motifs is 1. The summed E-state index contributed by atoms with van der Waals surface area (Å²) in [6, 6.07) is 10.5. The van der Waals surface area contributed by atoms with Gasteiger partial charge in [0.2, 0.25) is 5.95 Å². The molecule has 3 aromatic rings. The minimum Gasteiger partial charge on any atom is -0.372 e. The molecule has 1 fully saturated rings. The summed E-state index contributed by atoms with van der Waals surface area (Å²) < 4.78 is 53.5. The normalized spacial score (nSPS) is 15.1. The number of hydrogen-bond acceptors (Lipinski definition) is 4. The van der Waals surface area contributed by atoms with Gasteiger partial charge in [-0.2, -0.15) is 13.2 Å². The van der Waals surface area contributed by atoms with Crippen molar-refractivity contribution in [2.24, 2.45) is 0 Å². The molecule has 1 N–H and O–H groups in total. The quantitative estimate of drug-likeness (QED) is 0.598. The fourth-order valence-electron chi connectivity index (χ4n) is 3.41. The second-order valence-corrected chi connectivity index (χ2v) is 6.77. The topological polar surface area (TPSA) is 41.1 Å². The summed E-state index contributed by atoms with van der Waals surface area (Å²) in [7, 11) is 0. The number of nitrogens with zero attached hydrogens (tertiary/aromatic N) is 3. The third-order valence-corrected chi connectivity index (χ3v) is 4.77. The predicted molar refractivity (Wildman–Crippen MR) is 100 cm³/mol. The Kier molecular flexibility index (Phi) is 4.78. The lowest BCUT2D eigenvalue weighted by molar-refractivity contribution is -0.139. The van der Waals surface area contributed by atoms with E-state index in [9.17, 15) is 17.6 Å². The van der Waals surface area contributed by atoms with E-state index in [1.54, 1.807) is 12.1 Å². The molecule has 0 amide bonds. The van der Waals surface area contributed by atoms with E-state index in [-0.39, 0.29) is 16.9 Å². The van der Waals surface area contributed by atoms with Gasteiger partial charge in [-0.25, -0.2) is 14.4 Å². The molecule has 4 nitrogen and oxygen atoms in total. The summed E-state index contributed by atoms with van der Waals surface area (Å²) in [6.07, 6.45) is -1.16. The van der Waals surface area contributed by atoms with Crippen molar-refractivity contribution in [3.8, 4) is 0 Å². The van der Waals surface area contributed by atoms with Crippen molar-refractivity contribution in [2.75, 3.05) is 23.3 Å². The van der Waals surface area contributed by atoms with Gasteiger partial charge in [0.1, 0.15) is 5.82 Å². The van der Waals surface area contributed by atoms with Crippen LogP contribution in [0.3, 0.4) is 0 Å². The zero-order valence-electron chi connectivity index (χ0n) is 14.9. The minimum atomic E-state index is -4.72. The van der Waals surface area contributed by atoms with Gasteiger partial charge in [0.25, 0.3) is 0 Å². The molecule has 0 spiro atoms. The average molecular weight is 390 g/mol. The predicted octanol–water partition coefficient (Wildman–Crippen LogP) is 5.52. The van der Waals surface area contributed by atoms with Crippen molar-refractivity contribution in [1.82, 2.24) is 9.97 Å². The van der Waals surface area contributed by atoms with Gasteiger partial charge in [-0.05, 0) is 61.7 Å². The van der Waals surface area contributed by atoms with Crippen molar-refractivity contribution < 1.29 is 17.6 Å². The molecule has 0 aliphatic carbocycles. The molecule has 0 bridgehead atoms. The molecule has 0 atom stereocenters. The second-order valence-electron chi connectivity index (χ2n) is 6.77. The lowest BCUT2D eigenvalue weighted by atomic mass is 10.1. The molecule has 1 aliphatic rings. The molecule has 0 radical (unpaired) electrons. The number of anilines is 3. The van der Waals surface area contributed by atoms with Gasteiger partial charge in [0.15, 0.2) is 5.69 Å². The number of piperidine rings is 1. The number of rotatable bonds is 3. The first-order chi connectivity index (χ1) is 13.4. The van der Waals surface area contributed by atoms with Crippen LogP contribution in [0, 0.1) is 5.82 Å². The first kappa shape index (κ1) is 18.5. The Hall–Kier alpha value is -2.90. The first-order valence-electron chi connectivity index (χ1n) is 9.07. The Bertz CT molecular complexity index is 980. The Labute approximate surface area is 159 Å². The number of benzene rings is 2. The van der Waals surface area contributed by atoms with Crippen LogP contribution in [0.5, 0.6) is 0 Å². The van der Waals surface area contributed by atoms with E-state index in [0.717, 1.165) is 43.8 Å². The van der Waals surface area contributed by atoms with Crippen molar-refractivity contribution >= 4 is 28.2 Å². The van der Waals surface area contributed by atoms with E-state index in [4.69, 9.17) is 0 Å². The molecule has 8 heteroatoms. The standard InChI is InChI=1S/C20H18F4N4/c21-13-4-9-17-16(12-13)18(20(22,23)24)27-19(26-17)25-14-5-7-15(8-6-14)28-10-2-1-3-11-28/h4-9,12H,1-3,10-11H2,(H,25,26,27). The fourth-order valence-corrected chi connectivity index (χ4v) is 3.41. The van der Waals surface area contributed by atoms with Crippen molar-refractivity contribution in [3.05, 3.63) is 54.0 Å². The average Bonchev–Trinajstić information content (AvgIpc) is 2.68. The zero-order valence-corrected chi connectivity index (χ0v) is 14.9. The van der Waals surface area contributed by atoms with Crippen LogP contribution in [0.4, 0.5) is 34.9 Å². The maximum Gasteiger partial charge on any atom is 0.434 e. The van der Waals surface area contributed by atoms with Gasteiger partial charge in [-0.1, -0.05) is 0 Å². The molecule has 2 heterocycles. The lowest BCUT2D eigenvalue weighted by Crippen LogP contribution is -2.29. The van der Waals surface area contributed by atoms with Crippen molar-refractivity contribution in [1.29, 1.82) is 0 Å². The Balaban J connectivity index is 1.63. The molecule has 4 rings (SSSR count). The molecular weight excluding hydrogens is 372 g/mol. The second kappa shape index (κ2) is 7.26. The molecule has 2 aromatic carbocycles. The smallest absolute Gasteiger partial charge is 0.372 e.